The Morgan fingerprint density at radius 1 is 0.925 bits per heavy atom. The summed E-state index contributed by atoms with van der Waals surface area (Å²) in [5.74, 6) is -3.58. The molecule has 0 saturated carbocycles. The standard InChI is InChI=1S/C41H40FN5O6/c1-5-22-17-27-28(41(2,3)37-34(36(27)50)25-8-6-21(20-48)16-29(25)43-37)18-31(22)46-14-12-24(13-15-46)45(4)19-23-7-9-26-33(35(23)42)40(53)47(39(26)52)30-10-11-32(49)44-38(30)51/h6-9,16-18,20,24,30,43H,5,10-15,19H2,1-4H3,(H,44,49,51). The molecule has 2 N–H and O–H groups in total. The van der Waals surface area contributed by atoms with Gasteiger partial charge in [-0.3, -0.25) is 43.9 Å². The molecule has 1 unspecified atom stereocenters. The third-order valence-electron chi connectivity index (χ3n) is 11.8. The largest absolute Gasteiger partial charge is 0.371 e. The average Bonchev–Trinajstić information content (AvgIpc) is 3.66. The molecule has 2 saturated heterocycles. The number of amides is 4. The Hall–Kier alpha value is -5.49. The average molecular weight is 718 g/mol. The Morgan fingerprint density at radius 2 is 1.68 bits per heavy atom. The lowest BCUT2D eigenvalue weighted by atomic mass is 9.70. The number of hydrogen-bond donors (Lipinski definition) is 2. The van der Waals surface area contributed by atoms with Crippen molar-refractivity contribution < 1.29 is 33.2 Å². The van der Waals surface area contributed by atoms with Gasteiger partial charge in [0.1, 0.15) is 18.1 Å². The number of aromatic amines is 1. The lowest BCUT2D eigenvalue weighted by Crippen LogP contribution is -2.54. The van der Waals surface area contributed by atoms with Crippen molar-refractivity contribution in [3.63, 3.8) is 0 Å². The number of fused-ring (bicyclic) bond motifs is 5. The third kappa shape index (κ3) is 5.33. The van der Waals surface area contributed by atoms with Gasteiger partial charge >= 0.3 is 0 Å². The Kier molecular flexibility index (Phi) is 8.21. The van der Waals surface area contributed by atoms with Gasteiger partial charge in [0, 0.05) is 76.5 Å². The van der Waals surface area contributed by atoms with Crippen LogP contribution in [0.2, 0.25) is 0 Å². The van der Waals surface area contributed by atoms with Crippen LogP contribution in [-0.4, -0.2) is 82.7 Å². The van der Waals surface area contributed by atoms with Gasteiger partial charge in [-0.15, -0.1) is 0 Å². The van der Waals surface area contributed by atoms with Crippen molar-refractivity contribution in [1.82, 2.24) is 20.1 Å². The van der Waals surface area contributed by atoms with E-state index in [2.05, 4.69) is 53.0 Å². The predicted octanol–water partition coefficient (Wildman–Crippen LogP) is 5.05. The van der Waals surface area contributed by atoms with E-state index in [4.69, 9.17) is 0 Å². The Bertz CT molecular complexity index is 2300. The third-order valence-corrected chi connectivity index (χ3v) is 11.8. The van der Waals surface area contributed by atoms with Crippen molar-refractivity contribution >= 4 is 52.3 Å². The van der Waals surface area contributed by atoms with E-state index in [-0.39, 0.29) is 47.9 Å². The fourth-order valence-electron chi connectivity index (χ4n) is 8.81. The number of aryl methyl sites for hydroxylation is 1. The van der Waals surface area contributed by atoms with E-state index < -0.39 is 40.9 Å². The molecule has 8 rings (SSSR count). The molecule has 1 aromatic heterocycles. The molecule has 1 aliphatic carbocycles. The van der Waals surface area contributed by atoms with Crippen molar-refractivity contribution in [3.05, 3.63) is 98.5 Å². The van der Waals surface area contributed by atoms with E-state index >= 15 is 4.39 Å². The van der Waals surface area contributed by atoms with E-state index in [1.165, 1.54) is 12.1 Å². The molecule has 0 radical (unpaired) electrons. The van der Waals surface area contributed by atoms with Gasteiger partial charge in [0.05, 0.1) is 16.7 Å². The van der Waals surface area contributed by atoms with E-state index in [0.717, 1.165) is 76.9 Å². The van der Waals surface area contributed by atoms with Gasteiger partial charge < -0.3 is 9.88 Å². The summed E-state index contributed by atoms with van der Waals surface area (Å²) in [5.41, 5.74) is 6.07. The number of benzene rings is 3. The van der Waals surface area contributed by atoms with E-state index in [1.807, 2.05) is 13.1 Å². The number of rotatable bonds is 7. The van der Waals surface area contributed by atoms with Crippen molar-refractivity contribution in [2.75, 3.05) is 25.0 Å². The van der Waals surface area contributed by atoms with Gasteiger partial charge in [0.2, 0.25) is 11.8 Å². The number of piperidine rings is 2. The molecule has 3 aliphatic heterocycles. The maximum atomic E-state index is 16.0. The molecular formula is C41H40FN5O6. The summed E-state index contributed by atoms with van der Waals surface area (Å²) >= 11 is 0. The van der Waals surface area contributed by atoms with Crippen LogP contribution in [0.3, 0.4) is 0 Å². The first-order valence-corrected chi connectivity index (χ1v) is 18.2. The highest BCUT2D eigenvalue weighted by Crippen LogP contribution is 2.46. The number of nitrogens with zero attached hydrogens (tertiary/aromatic N) is 3. The molecule has 2 fully saturated rings. The molecule has 3 aromatic carbocycles. The maximum absolute atomic E-state index is 16.0. The van der Waals surface area contributed by atoms with Gasteiger partial charge in [-0.1, -0.05) is 39.0 Å². The first-order valence-electron chi connectivity index (χ1n) is 18.2. The number of nitrogens with one attached hydrogen (secondary N) is 2. The Labute approximate surface area is 305 Å². The van der Waals surface area contributed by atoms with Gasteiger partial charge in [0.15, 0.2) is 5.78 Å². The number of hydrogen-bond acceptors (Lipinski definition) is 8. The highest BCUT2D eigenvalue weighted by Gasteiger charge is 2.46. The van der Waals surface area contributed by atoms with Crippen LogP contribution in [0.25, 0.3) is 10.9 Å². The first-order chi connectivity index (χ1) is 25.3. The Morgan fingerprint density at radius 3 is 2.38 bits per heavy atom. The van der Waals surface area contributed by atoms with E-state index in [1.54, 1.807) is 12.1 Å². The first kappa shape index (κ1) is 34.6. The second-order valence-corrected chi connectivity index (χ2v) is 15.2. The molecule has 4 heterocycles. The molecule has 53 heavy (non-hydrogen) atoms. The summed E-state index contributed by atoms with van der Waals surface area (Å²) in [7, 11) is 1.93. The number of halogens is 1. The minimum Gasteiger partial charge on any atom is -0.371 e. The lowest BCUT2D eigenvalue weighted by molar-refractivity contribution is -0.136. The number of anilines is 1. The molecule has 272 valence electrons. The lowest BCUT2D eigenvalue weighted by Gasteiger charge is -2.40. The van der Waals surface area contributed by atoms with Crippen LogP contribution >= 0.6 is 0 Å². The van der Waals surface area contributed by atoms with Gasteiger partial charge in [-0.2, -0.15) is 0 Å². The summed E-state index contributed by atoms with van der Waals surface area (Å²) in [6.07, 6.45) is 3.15. The number of carbonyl (C=O) groups excluding carboxylic acids is 6. The highest BCUT2D eigenvalue weighted by atomic mass is 19.1. The zero-order valence-corrected chi connectivity index (χ0v) is 30.1. The van der Waals surface area contributed by atoms with Crippen molar-refractivity contribution in [2.24, 2.45) is 0 Å². The molecule has 1 atom stereocenters. The van der Waals surface area contributed by atoms with Crippen LogP contribution in [0.1, 0.15) is 116 Å². The zero-order chi connectivity index (χ0) is 37.5. The van der Waals surface area contributed by atoms with E-state index in [0.29, 0.717) is 16.7 Å². The SMILES string of the molecule is CCc1cc2c(cc1N1CCC(N(C)Cc3ccc4c(c3F)C(=O)N(C3CCC(=O)NC3=O)C4=O)CC1)C(C)(C)c1[nH]c3cc(C=O)ccc3c1C2=O. The minimum atomic E-state index is -1.16. The van der Waals surface area contributed by atoms with Crippen LogP contribution in [0, 0.1) is 5.82 Å². The fraction of sp³-hybridized carbons (Fsp3) is 0.366. The second kappa shape index (κ2) is 12.6. The summed E-state index contributed by atoms with van der Waals surface area (Å²) in [4.78, 5) is 84.8. The van der Waals surface area contributed by atoms with Gasteiger partial charge in [0.25, 0.3) is 11.8 Å². The van der Waals surface area contributed by atoms with Crippen LogP contribution in [0.5, 0.6) is 0 Å². The minimum absolute atomic E-state index is 0.00225. The monoisotopic (exact) mass is 717 g/mol. The molecule has 12 heteroatoms. The summed E-state index contributed by atoms with van der Waals surface area (Å²) in [5, 5.41) is 2.98. The number of aldehydes is 1. The molecule has 4 amide bonds. The zero-order valence-electron chi connectivity index (χ0n) is 30.1. The fourth-order valence-corrected chi connectivity index (χ4v) is 8.81. The molecule has 0 spiro atoms. The summed E-state index contributed by atoms with van der Waals surface area (Å²) in [6, 6.07) is 11.6. The molecule has 11 nitrogen and oxygen atoms in total. The number of H-pyrrole nitrogens is 1. The van der Waals surface area contributed by atoms with Crippen LogP contribution in [0.15, 0.2) is 42.5 Å². The quantitative estimate of drug-likeness (QED) is 0.200. The number of imide groups is 2. The van der Waals surface area contributed by atoms with Crippen LogP contribution in [0.4, 0.5) is 10.1 Å². The molecule has 4 aliphatic rings. The summed E-state index contributed by atoms with van der Waals surface area (Å²) in [6.45, 7) is 8.06. The van der Waals surface area contributed by atoms with Gasteiger partial charge in [-0.25, -0.2) is 4.39 Å². The van der Waals surface area contributed by atoms with Crippen molar-refractivity contribution in [1.29, 1.82) is 0 Å². The maximum Gasteiger partial charge on any atom is 0.265 e. The van der Waals surface area contributed by atoms with Crippen molar-refractivity contribution in [3.8, 4) is 0 Å². The highest BCUT2D eigenvalue weighted by molar-refractivity contribution is 6.24. The molecule has 0 bridgehead atoms. The number of ketones is 1. The molecule has 4 aromatic rings. The normalized spacial score (nSPS) is 19.9. The van der Waals surface area contributed by atoms with Crippen LogP contribution in [-0.2, 0) is 28.0 Å². The number of carbonyl (C=O) groups is 6. The topological polar surface area (TPSA) is 140 Å². The van der Waals surface area contributed by atoms with Gasteiger partial charge in [-0.05, 0) is 68.1 Å². The predicted molar refractivity (Wildman–Crippen MR) is 195 cm³/mol. The van der Waals surface area contributed by atoms with E-state index in [9.17, 15) is 28.8 Å². The smallest absolute Gasteiger partial charge is 0.265 e. The number of aromatic nitrogens is 1. The Balaban J connectivity index is 0.993. The summed E-state index contributed by atoms with van der Waals surface area (Å²) < 4.78 is 16.0. The van der Waals surface area contributed by atoms with Crippen LogP contribution < -0.4 is 10.2 Å². The van der Waals surface area contributed by atoms with Crippen molar-refractivity contribution in [2.45, 2.75) is 76.9 Å². The second-order valence-electron chi connectivity index (χ2n) is 15.2. The molecular weight excluding hydrogens is 677 g/mol.